The van der Waals surface area contributed by atoms with E-state index < -0.39 is 0 Å². The van der Waals surface area contributed by atoms with Crippen LogP contribution in [0.25, 0.3) is 0 Å². The molecule has 0 radical (unpaired) electrons. The number of unbranched alkanes of at least 4 members (excludes halogenated alkanes) is 2. The van der Waals surface area contributed by atoms with Crippen LogP contribution >= 0.6 is 0 Å². The second kappa shape index (κ2) is 11.6. The lowest BCUT2D eigenvalue weighted by Gasteiger charge is -2.05. The number of hydrogen-bond acceptors (Lipinski definition) is 0. The van der Waals surface area contributed by atoms with Crippen molar-refractivity contribution < 1.29 is 0 Å². The second-order valence-electron chi connectivity index (χ2n) is 6.07. The lowest BCUT2D eigenvalue weighted by Crippen LogP contribution is -1.87. The zero-order chi connectivity index (χ0) is 13.8. The van der Waals surface area contributed by atoms with E-state index in [0.29, 0.717) is 0 Å². The highest BCUT2D eigenvalue weighted by molar-refractivity contribution is 5.03. The quantitative estimate of drug-likeness (QED) is 0.300. The van der Waals surface area contributed by atoms with Gasteiger partial charge in [-0.05, 0) is 51.9 Å². The Bertz CT molecular complexity index is 243. The molecule has 0 nitrogen and oxygen atoms in total. The third-order valence-electron chi connectivity index (χ3n) is 3.43. The van der Waals surface area contributed by atoms with Gasteiger partial charge >= 0.3 is 0 Å². The lowest BCUT2D eigenvalue weighted by molar-refractivity contribution is 0.554. The maximum absolute atomic E-state index is 2.44. The first-order valence-electron chi connectivity index (χ1n) is 7.87. The average Bonchev–Trinajstić information content (AvgIpc) is 2.29. The standard InChI is InChI=1S/C18H34/c1-6-7-8-12-17(4)14-10-15-18(5)13-9-11-16(2)3/h12,15-16H,6-11,13-14H2,1-5H3. The predicted octanol–water partition coefficient (Wildman–Crippen LogP) is 6.68. The van der Waals surface area contributed by atoms with Crippen molar-refractivity contribution in [2.75, 3.05) is 0 Å². The molecule has 0 aliphatic carbocycles. The van der Waals surface area contributed by atoms with E-state index >= 15 is 0 Å². The number of rotatable bonds is 10. The first-order valence-corrected chi connectivity index (χ1v) is 7.87. The topological polar surface area (TPSA) is 0 Å². The molecule has 0 atom stereocenters. The van der Waals surface area contributed by atoms with Crippen LogP contribution in [0.3, 0.4) is 0 Å². The van der Waals surface area contributed by atoms with Gasteiger partial charge in [-0.25, -0.2) is 0 Å². The summed E-state index contributed by atoms with van der Waals surface area (Å²) in [5.74, 6) is 0.849. The van der Waals surface area contributed by atoms with Crippen LogP contribution in [0.4, 0.5) is 0 Å². The molecule has 0 bridgehead atoms. The van der Waals surface area contributed by atoms with Crippen LogP contribution in [0.1, 0.15) is 86.0 Å². The summed E-state index contributed by atoms with van der Waals surface area (Å²) >= 11 is 0. The van der Waals surface area contributed by atoms with Crippen LogP contribution in [-0.2, 0) is 0 Å². The zero-order valence-electron chi connectivity index (χ0n) is 13.4. The van der Waals surface area contributed by atoms with Crippen molar-refractivity contribution >= 4 is 0 Å². The van der Waals surface area contributed by atoms with Crippen molar-refractivity contribution in [2.24, 2.45) is 5.92 Å². The van der Waals surface area contributed by atoms with E-state index in [-0.39, 0.29) is 0 Å². The third-order valence-corrected chi connectivity index (χ3v) is 3.43. The Kier molecular flexibility index (Phi) is 11.2. The molecule has 0 unspecified atom stereocenters. The molecular weight excluding hydrogens is 216 g/mol. The minimum absolute atomic E-state index is 0.849. The van der Waals surface area contributed by atoms with Crippen molar-refractivity contribution in [1.82, 2.24) is 0 Å². The molecule has 0 aromatic carbocycles. The van der Waals surface area contributed by atoms with Gasteiger partial charge in [-0.3, -0.25) is 0 Å². The molecule has 106 valence electrons. The van der Waals surface area contributed by atoms with Crippen molar-refractivity contribution in [3.05, 3.63) is 23.3 Å². The SMILES string of the molecule is CCCCC=C(C)CCC=C(C)CCCC(C)C. The first-order chi connectivity index (χ1) is 8.56. The zero-order valence-corrected chi connectivity index (χ0v) is 13.4. The highest BCUT2D eigenvalue weighted by Crippen LogP contribution is 2.14. The fourth-order valence-corrected chi connectivity index (χ4v) is 2.09. The monoisotopic (exact) mass is 250 g/mol. The molecule has 0 aromatic heterocycles. The fraction of sp³-hybridized carbons (Fsp3) is 0.778. The van der Waals surface area contributed by atoms with Crippen LogP contribution in [0.2, 0.25) is 0 Å². The van der Waals surface area contributed by atoms with Gasteiger partial charge in [0.05, 0.1) is 0 Å². The molecular formula is C18H34. The highest BCUT2D eigenvalue weighted by atomic mass is 14.0. The smallest absolute Gasteiger partial charge is 0.0288 e. The van der Waals surface area contributed by atoms with E-state index in [1.165, 1.54) is 51.4 Å². The van der Waals surface area contributed by atoms with E-state index in [9.17, 15) is 0 Å². The van der Waals surface area contributed by atoms with Gasteiger partial charge in [0, 0.05) is 0 Å². The van der Waals surface area contributed by atoms with E-state index in [1.54, 1.807) is 11.1 Å². The Labute approximate surface area is 116 Å². The molecule has 0 heteroatoms. The van der Waals surface area contributed by atoms with Crippen LogP contribution in [0.5, 0.6) is 0 Å². The molecule has 0 aliphatic rings. The molecule has 0 heterocycles. The number of hydrogen-bond donors (Lipinski definition) is 0. The fourth-order valence-electron chi connectivity index (χ4n) is 2.09. The normalized spacial score (nSPS) is 13.4. The number of allylic oxidation sites excluding steroid dienone is 4. The minimum Gasteiger partial charge on any atom is -0.0856 e. The Morgan fingerprint density at radius 1 is 0.889 bits per heavy atom. The van der Waals surface area contributed by atoms with E-state index in [2.05, 4.69) is 46.8 Å². The molecule has 0 amide bonds. The molecule has 0 spiro atoms. The average molecular weight is 250 g/mol. The summed E-state index contributed by atoms with van der Waals surface area (Å²) < 4.78 is 0. The van der Waals surface area contributed by atoms with Crippen molar-refractivity contribution in [1.29, 1.82) is 0 Å². The second-order valence-corrected chi connectivity index (χ2v) is 6.07. The molecule has 0 aromatic rings. The summed E-state index contributed by atoms with van der Waals surface area (Å²) in [6, 6.07) is 0. The Morgan fingerprint density at radius 2 is 1.50 bits per heavy atom. The minimum atomic E-state index is 0.849. The van der Waals surface area contributed by atoms with Gasteiger partial charge in [0.25, 0.3) is 0 Å². The van der Waals surface area contributed by atoms with Gasteiger partial charge in [0.1, 0.15) is 0 Å². The largest absolute Gasteiger partial charge is 0.0856 e. The lowest BCUT2D eigenvalue weighted by atomic mass is 10.0. The third kappa shape index (κ3) is 12.0. The van der Waals surface area contributed by atoms with Gasteiger partial charge < -0.3 is 0 Å². The van der Waals surface area contributed by atoms with E-state index in [0.717, 1.165) is 5.92 Å². The summed E-state index contributed by atoms with van der Waals surface area (Å²) in [5, 5.41) is 0. The first kappa shape index (κ1) is 17.5. The van der Waals surface area contributed by atoms with E-state index in [1.807, 2.05) is 0 Å². The highest BCUT2D eigenvalue weighted by Gasteiger charge is 1.95. The van der Waals surface area contributed by atoms with Crippen LogP contribution in [0.15, 0.2) is 23.3 Å². The molecule has 0 saturated carbocycles. The summed E-state index contributed by atoms with van der Waals surface area (Å²) in [7, 11) is 0. The molecule has 0 N–H and O–H groups in total. The van der Waals surface area contributed by atoms with Crippen LogP contribution < -0.4 is 0 Å². The maximum Gasteiger partial charge on any atom is -0.0288 e. The summed E-state index contributed by atoms with van der Waals surface area (Å²) in [6.45, 7) is 11.4. The Morgan fingerprint density at radius 3 is 2.11 bits per heavy atom. The van der Waals surface area contributed by atoms with Crippen LogP contribution in [-0.4, -0.2) is 0 Å². The summed E-state index contributed by atoms with van der Waals surface area (Å²) in [6.07, 6.45) is 15.2. The van der Waals surface area contributed by atoms with Gasteiger partial charge in [-0.15, -0.1) is 0 Å². The molecule has 0 aliphatic heterocycles. The van der Waals surface area contributed by atoms with Gasteiger partial charge in [-0.2, -0.15) is 0 Å². The van der Waals surface area contributed by atoms with Crippen LogP contribution in [0, 0.1) is 5.92 Å². The molecule has 0 saturated heterocycles. The van der Waals surface area contributed by atoms with Crippen molar-refractivity contribution in [3.8, 4) is 0 Å². The Balaban J connectivity index is 3.69. The predicted molar refractivity (Wildman–Crippen MR) is 85.0 cm³/mol. The maximum atomic E-state index is 2.44. The van der Waals surface area contributed by atoms with Gasteiger partial charge in [0.15, 0.2) is 0 Å². The molecule has 0 rings (SSSR count). The molecule has 18 heavy (non-hydrogen) atoms. The Hall–Kier alpha value is -0.520. The van der Waals surface area contributed by atoms with Gasteiger partial charge in [-0.1, -0.05) is 63.3 Å². The van der Waals surface area contributed by atoms with Crippen molar-refractivity contribution in [3.63, 3.8) is 0 Å². The molecule has 0 fully saturated rings. The summed E-state index contributed by atoms with van der Waals surface area (Å²) in [5.41, 5.74) is 3.15. The van der Waals surface area contributed by atoms with E-state index in [4.69, 9.17) is 0 Å². The van der Waals surface area contributed by atoms with Crippen molar-refractivity contribution in [2.45, 2.75) is 86.0 Å². The summed E-state index contributed by atoms with van der Waals surface area (Å²) in [4.78, 5) is 0. The van der Waals surface area contributed by atoms with Gasteiger partial charge in [0.2, 0.25) is 0 Å².